The lowest BCUT2D eigenvalue weighted by molar-refractivity contribution is -0.150. The first-order valence-electron chi connectivity index (χ1n) is 9.45. The monoisotopic (exact) mass is 410 g/mol. The highest BCUT2D eigenvalue weighted by atomic mass is 35.5. The normalized spacial score (nSPS) is 14.0. The first-order chi connectivity index (χ1) is 13.3. The quantitative estimate of drug-likeness (QED) is 0.671. The largest absolute Gasteiger partial charge is 0.482 e. The molecule has 3 amide bonds. The zero-order valence-electron chi connectivity index (χ0n) is 16.5. The van der Waals surface area contributed by atoms with Crippen molar-refractivity contribution in [2.75, 3.05) is 13.2 Å². The Balaban J connectivity index is 1.76. The second kappa shape index (κ2) is 10.3. The molecule has 1 aliphatic carbocycles. The van der Waals surface area contributed by atoms with Crippen molar-refractivity contribution in [1.29, 1.82) is 0 Å². The van der Waals surface area contributed by atoms with Crippen LogP contribution in [-0.4, -0.2) is 37.2 Å². The molecule has 8 heteroatoms. The fourth-order valence-corrected chi connectivity index (χ4v) is 3.20. The number of carbonyl (C=O) groups is 3. The van der Waals surface area contributed by atoms with Crippen molar-refractivity contribution in [3.05, 3.63) is 28.3 Å². The first-order valence-corrected chi connectivity index (χ1v) is 9.83. The number of halogens is 1. The van der Waals surface area contributed by atoms with E-state index < -0.39 is 24.5 Å². The first kappa shape index (κ1) is 22.0. The molecular weight excluding hydrogens is 384 g/mol. The lowest BCUT2D eigenvalue weighted by Crippen LogP contribution is -2.45. The van der Waals surface area contributed by atoms with Crippen molar-refractivity contribution in [3.63, 3.8) is 0 Å². The standard InChI is InChI=1S/C20H27ClN2O5/c1-12(2)15-9-16(21)13(3)8-17(15)27-11-19(25)28-10-18(24)23-20(26)22-14-6-4-5-7-14/h8-9,12,14H,4-7,10-11H2,1-3H3,(H2,22,23,24,26). The van der Waals surface area contributed by atoms with E-state index in [1.54, 1.807) is 6.07 Å². The summed E-state index contributed by atoms with van der Waals surface area (Å²) in [6.45, 7) is 4.94. The van der Waals surface area contributed by atoms with Gasteiger partial charge in [0.2, 0.25) is 0 Å². The van der Waals surface area contributed by atoms with Crippen molar-refractivity contribution in [3.8, 4) is 5.75 Å². The number of rotatable bonds is 7. The molecule has 1 saturated carbocycles. The van der Waals surface area contributed by atoms with Crippen LogP contribution < -0.4 is 15.4 Å². The fraction of sp³-hybridized carbons (Fsp3) is 0.550. The van der Waals surface area contributed by atoms with Crippen LogP contribution in [0.3, 0.4) is 0 Å². The van der Waals surface area contributed by atoms with Gasteiger partial charge in [-0.3, -0.25) is 10.1 Å². The topological polar surface area (TPSA) is 93.7 Å². The molecule has 1 aromatic rings. The van der Waals surface area contributed by atoms with E-state index in [4.69, 9.17) is 21.1 Å². The second-order valence-corrected chi connectivity index (χ2v) is 7.65. The van der Waals surface area contributed by atoms with Gasteiger partial charge in [-0.2, -0.15) is 0 Å². The Bertz CT molecular complexity index is 730. The SMILES string of the molecule is Cc1cc(OCC(=O)OCC(=O)NC(=O)NC2CCCC2)c(C(C)C)cc1Cl. The van der Waals surface area contributed by atoms with Gasteiger partial charge < -0.3 is 14.8 Å². The van der Waals surface area contributed by atoms with Crippen molar-refractivity contribution in [2.24, 2.45) is 0 Å². The van der Waals surface area contributed by atoms with Crippen molar-refractivity contribution in [1.82, 2.24) is 10.6 Å². The maximum absolute atomic E-state index is 11.9. The van der Waals surface area contributed by atoms with Gasteiger partial charge in [-0.1, -0.05) is 38.3 Å². The van der Waals surface area contributed by atoms with Crippen molar-refractivity contribution in [2.45, 2.75) is 58.4 Å². The van der Waals surface area contributed by atoms with Gasteiger partial charge in [-0.15, -0.1) is 0 Å². The van der Waals surface area contributed by atoms with Crippen LogP contribution in [0.25, 0.3) is 0 Å². The summed E-state index contributed by atoms with van der Waals surface area (Å²) in [6, 6.07) is 3.12. The van der Waals surface area contributed by atoms with Crippen LogP contribution in [0.5, 0.6) is 5.75 Å². The third-order valence-corrected chi connectivity index (χ3v) is 4.97. The Hall–Kier alpha value is -2.28. The van der Waals surface area contributed by atoms with Crippen LogP contribution in [0.4, 0.5) is 4.79 Å². The molecule has 1 aliphatic rings. The van der Waals surface area contributed by atoms with Crippen LogP contribution in [0.2, 0.25) is 5.02 Å². The fourth-order valence-electron chi connectivity index (χ4n) is 3.03. The molecule has 7 nitrogen and oxygen atoms in total. The van der Waals surface area contributed by atoms with E-state index in [0.717, 1.165) is 36.8 Å². The number of urea groups is 1. The Morgan fingerprint density at radius 2 is 1.86 bits per heavy atom. The number of ether oxygens (including phenoxy) is 2. The van der Waals surface area contributed by atoms with Gasteiger partial charge in [0.05, 0.1) is 0 Å². The third-order valence-electron chi connectivity index (χ3n) is 4.57. The molecule has 154 valence electrons. The summed E-state index contributed by atoms with van der Waals surface area (Å²) in [6.07, 6.45) is 3.97. The highest BCUT2D eigenvalue weighted by molar-refractivity contribution is 6.31. The van der Waals surface area contributed by atoms with Gasteiger partial charge in [-0.05, 0) is 48.9 Å². The van der Waals surface area contributed by atoms with E-state index in [1.807, 2.05) is 26.8 Å². The molecule has 2 N–H and O–H groups in total. The predicted octanol–water partition coefficient (Wildman–Crippen LogP) is 3.46. The number of carbonyl (C=O) groups excluding carboxylic acids is 3. The number of amides is 3. The number of esters is 1. The minimum absolute atomic E-state index is 0.0988. The predicted molar refractivity (Wildman–Crippen MR) is 106 cm³/mol. The Kier molecular flexibility index (Phi) is 8.11. The average Bonchev–Trinajstić information content (AvgIpc) is 3.13. The number of imide groups is 1. The van der Waals surface area contributed by atoms with E-state index in [2.05, 4.69) is 10.6 Å². The second-order valence-electron chi connectivity index (χ2n) is 7.25. The van der Waals surface area contributed by atoms with Gasteiger partial charge >= 0.3 is 12.0 Å². The highest BCUT2D eigenvalue weighted by Gasteiger charge is 2.19. The molecule has 0 bridgehead atoms. The molecule has 1 fully saturated rings. The average molecular weight is 411 g/mol. The maximum Gasteiger partial charge on any atom is 0.344 e. The third kappa shape index (κ3) is 6.71. The minimum Gasteiger partial charge on any atom is -0.482 e. The molecule has 0 heterocycles. The molecule has 2 rings (SSSR count). The van der Waals surface area contributed by atoms with E-state index in [1.165, 1.54) is 0 Å². The number of hydrogen-bond donors (Lipinski definition) is 2. The summed E-state index contributed by atoms with van der Waals surface area (Å²) >= 11 is 6.15. The van der Waals surface area contributed by atoms with Crippen LogP contribution in [0, 0.1) is 6.92 Å². The zero-order valence-corrected chi connectivity index (χ0v) is 17.2. The summed E-state index contributed by atoms with van der Waals surface area (Å²) in [5.74, 6) is -0.676. The van der Waals surface area contributed by atoms with E-state index >= 15 is 0 Å². The molecule has 0 radical (unpaired) electrons. The van der Waals surface area contributed by atoms with Crippen LogP contribution in [-0.2, 0) is 14.3 Å². The lowest BCUT2D eigenvalue weighted by atomic mass is 10.0. The number of benzene rings is 1. The summed E-state index contributed by atoms with van der Waals surface area (Å²) in [5.41, 5.74) is 1.71. The van der Waals surface area contributed by atoms with Gasteiger partial charge in [0.25, 0.3) is 5.91 Å². The Labute approximate surface area is 170 Å². The molecule has 1 aromatic carbocycles. The summed E-state index contributed by atoms with van der Waals surface area (Å²) in [7, 11) is 0. The molecule has 0 spiro atoms. The molecule has 28 heavy (non-hydrogen) atoms. The lowest BCUT2D eigenvalue weighted by Gasteiger charge is -2.15. The van der Waals surface area contributed by atoms with Crippen molar-refractivity contribution < 1.29 is 23.9 Å². The van der Waals surface area contributed by atoms with Gasteiger partial charge in [-0.25, -0.2) is 9.59 Å². The van der Waals surface area contributed by atoms with Crippen LogP contribution in [0.1, 0.15) is 56.6 Å². The molecule has 0 aliphatic heterocycles. The van der Waals surface area contributed by atoms with E-state index in [9.17, 15) is 14.4 Å². The Morgan fingerprint density at radius 1 is 1.18 bits per heavy atom. The van der Waals surface area contributed by atoms with Gasteiger partial charge in [0, 0.05) is 11.1 Å². The van der Waals surface area contributed by atoms with Gasteiger partial charge in [0.15, 0.2) is 13.2 Å². The molecule has 0 saturated heterocycles. The van der Waals surface area contributed by atoms with Crippen molar-refractivity contribution >= 4 is 29.5 Å². The molecule has 0 unspecified atom stereocenters. The highest BCUT2D eigenvalue weighted by Crippen LogP contribution is 2.32. The smallest absolute Gasteiger partial charge is 0.344 e. The van der Waals surface area contributed by atoms with E-state index in [0.29, 0.717) is 10.8 Å². The zero-order chi connectivity index (χ0) is 20.7. The maximum atomic E-state index is 11.9. The van der Waals surface area contributed by atoms with Gasteiger partial charge in [0.1, 0.15) is 5.75 Å². The van der Waals surface area contributed by atoms with Crippen LogP contribution >= 0.6 is 11.6 Å². The number of nitrogens with one attached hydrogen (secondary N) is 2. The Morgan fingerprint density at radius 3 is 2.50 bits per heavy atom. The molecule has 0 aromatic heterocycles. The summed E-state index contributed by atoms with van der Waals surface area (Å²) < 4.78 is 10.4. The number of hydrogen-bond acceptors (Lipinski definition) is 5. The molecule has 0 atom stereocenters. The summed E-state index contributed by atoms with van der Waals surface area (Å²) in [5, 5.41) is 5.51. The molecular formula is C20H27ClN2O5. The minimum atomic E-state index is -0.700. The van der Waals surface area contributed by atoms with Crippen LogP contribution in [0.15, 0.2) is 12.1 Å². The summed E-state index contributed by atoms with van der Waals surface area (Å²) in [4.78, 5) is 35.3. The number of aryl methyl sites for hydroxylation is 1. The van der Waals surface area contributed by atoms with E-state index in [-0.39, 0.29) is 18.6 Å².